The average molecular weight is 317 g/mol. The summed E-state index contributed by atoms with van der Waals surface area (Å²) in [6.07, 6.45) is 6.42. The van der Waals surface area contributed by atoms with Crippen LogP contribution in [0.15, 0.2) is 0 Å². The summed E-state index contributed by atoms with van der Waals surface area (Å²) >= 11 is 0. The van der Waals surface area contributed by atoms with E-state index >= 15 is 0 Å². The maximum Gasteiger partial charge on any atom is 1.00 e. The van der Waals surface area contributed by atoms with Gasteiger partial charge in [0.15, 0.2) is 0 Å². The summed E-state index contributed by atoms with van der Waals surface area (Å²) < 4.78 is 0. The number of carbonyl (C=O) groups is 2. The van der Waals surface area contributed by atoms with Gasteiger partial charge in [-0.1, -0.05) is 39.0 Å². The number of rotatable bonds is 11. The van der Waals surface area contributed by atoms with Gasteiger partial charge in [-0.3, -0.25) is 4.90 Å². The van der Waals surface area contributed by atoms with Gasteiger partial charge in [0.25, 0.3) is 0 Å². The molecule has 5 nitrogen and oxygen atoms in total. The second-order valence-electron chi connectivity index (χ2n) is 5.00. The van der Waals surface area contributed by atoms with E-state index in [4.69, 9.17) is 0 Å². The first-order chi connectivity index (χ1) is 8.91. The summed E-state index contributed by atoms with van der Waals surface area (Å²) in [5.74, 6) is -2.50. The zero-order valence-corrected chi connectivity index (χ0v) is 18.2. The maximum atomic E-state index is 10.9. The molecule has 0 fully saturated rings. The first-order valence-electron chi connectivity index (χ1n) is 7.09. The van der Waals surface area contributed by atoms with Gasteiger partial charge in [0.05, 0.1) is 11.9 Å². The van der Waals surface area contributed by atoms with Gasteiger partial charge in [-0.2, -0.15) is 0 Å². The number of aliphatic carboxylic acids is 2. The molecule has 0 aliphatic heterocycles. The largest absolute Gasteiger partial charge is 1.00 e. The number of hydrogen-bond donors (Lipinski definition) is 0. The fourth-order valence-corrected chi connectivity index (χ4v) is 2.07. The zero-order valence-electron chi connectivity index (χ0n) is 14.2. The van der Waals surface area contributed by atoms with Crippen LogP contribution < -0.4 is 69.3 Å². The van der Waals surface area contributed by atoms with Crippen LogP contribution in [0.25, 0.3) is 0 Å². The topological polar surface area (TPSA) is 83.5 Å². The molecule has 0 aromatic heterocycles. The fourth-order valence-electron chi connectivity index (χ4n) is 2.07. The molecule has 0 aliphatic carbocycles. The van der Waals surface area contributed by atoms with Crippen LogP contribution in [0, 0.1) is 0 Å². The molecule has 0 heterocycles. The van der Waals surface area contributed by atoms with E-state index in [0.29, 0.717) is 6.54 Å². The Morgan fingerprint density at radius 1 is 0.857 bits per heavy atom. The van der Waals surface area contributed by atoms with Crippen molar-refractivity contribution in [3.63, 3.8) is 0 Å². The molecule has 0 radical (unpaired) electrons. The van der Waals surface area contributed by atoms with Crippen LogP contribution in [0.5, 0.6) is 0 Å². The standard InChI is InChI=1S/C14H27NO4.2Na/c1-4-5-6-7-8-9-10-15(11(2)13(16)17)12(3)14(18)19;;/h11-12H,4-10H2,1-3H3,(H,16,17)(H,18,19);;/q;2*+1/p-2. The van der Waals surface area contributed by atoms with Crippen molar-refractivity contribution in [3.05, 3.63) is 0 Å². The van der Waals surface area contributed by atoms with Crippen LogP contribution >= 0.6 is 0 Å². The van der Waals surface area contributed by atoms with Crippen molar-refractivity contribution < 1.29 is 78.9 Å². The van der Waals surface area contributed by atoms with Crippen LogP contribution in [-0.4, -0.2) is 35.5 Å². The molecule has 21 heavy (non-hydrogen) atoms. The van der Waals surface area contributed by atoms with Crippen molar-refractivity contribution in [2.45, 2.75) is 71.4 Å². The number of nitrogens with zero attached hydrogens (tertiary/aromatic N) is 1. The van der Waals surface area contributed by atoms with E-state index in [2.05, 4.69) is 6.92 Å². The molecule has 0 aromatic rings. The Labute approximate surface area is 172 Å². The summed E-state index contributed by atoms with van der Waals surface area (Å²) in [5.41, 5.74) is 0. The number of hydrogen-bond acceptors (Lipinski definition) is 5. The van der Waals surface area contributed by atoms with Gasteiger partial charge in [-0.25, -0.2) is 0 Å². The molecule has 2 atom stereocenters. The van der Waals surface area contributed by atoms with Gasteiger partial charge in [0.1, 0.15) is 0 Å². The summed E-state index contributed by atoms with van der Waals surface area (Å²) in [6, 6.07) is -1.83. The quantitative estimate of drug-likeness (QED) is 0.280. The minimum atomic E-state index is -1.25. The van der Waals surface area contributed by atoms with E-state index < -0.39 is 24.0 Å². The molecule has 0 amide bonds. The van der Waals surface area contributed by atoms with Gasteiger partial charge < -0.3 is 19.8 Å². The minimum absolute atomic E-state index is 0. The normalized spacial score (nSPS) is 13.0. The Hall–Kier alpha value is 0.900. The molecule has 0 bridgehead atoms. The number of unbranched alkanes of at least 4 members (excludes halogenated alkanes) is 5. The van der Waals surface area contributed by atoms with Gasteiger partial charge in [0, 0.05) is 12.1 Å². The van der Waals surface area contributed by atoms with Gasteiger partial charge in [-0.15, -0.1) is 0 Å². The zero-order chi connectivity index (χ0) is 14.8. The van der Waals surface area contributed by atoms with Gasteiger partial charge >= 0.3 is 59.1 Å². The Morgan fingerprint density at radius 3 is 1.62 bits per heavy atom. The summed E-state index contributed by atoms with van der Waals surface area (Å²) in [5, 5.41) is 21.8. The van der Waals surface area contributed by atoms with Crippen LogP contribution in [0.1, 0.15) is 59.3 Å². The van der Waals surface area contributed by atoms with E-state index in [1.807, 2.05) is 0 Å². The van der Waals surface area contributed by atoms with Crippen LogP contribution in [0.2, 0.25) is 0 Å². The van der Waals surface area contributed by atoms with Crippen molar-refractivity contribution >= 4 is 11.9 Å². The van der Waals surface area contributed by atoms with Crippen LogP contribution in [0.3, 0.4) is 0 Å². The molecule has 0 N–H and O–H groups in total. The first kappa shape index (κ1) is 26.8. The van der Waals surface area contributed by atoms with E-state index in [0.717, 1.165) is 19.3 Å². The summed E-state index contributed by atoms with van der Waals surface area (Å²) in [7, 11) is 0. The molecular weight excluding hydrogens is 292 g/mol. The Balaban J connectivity index is -0.00000162. The first-order valence-corrected chi connectivity index (χ1v) is 7.09. The monoisotopic (exact) mass is 317 g/mol. The smallest absolute Gasteiger partial charge is 0.548 e. The molecule has 2 unspecified atom stereocenters. The minimum Gasteiger partial charge on any atom is -0.548 e. The number of carboxylic acids is 2. The third-order valence-corrected chi connectivity index (χ3v) is 3.45. The number of carboxylic acid groups (broad SMARTS) is 2. The molecule has 0 saturated carbocycles. The second-order valence-corrected chi connectivity index (χ2v) is 5.00. The van der Waals surface area contributed by atoms with Crippen LogP contribution in [-0.2, 0) is 9.59 Å². The fraction of sp³-hybridized carbons (Fsp3) is 0.857. The van der Waals surface area contributed by atoms with Gasteiger partial charge in [-0.05, 0) is 26.8 Å². The molecule has 112 valence electrons. The molecule has 0 aliphatic rings. The van der Waals surface area contributed by atoms with Gasteiger partial charge in [0.2, 0.25) is 0 Å². The maximum absolute atomic E-state index is 10.9. The van der Waals surface area contributed by atoms with Crippen molar-refractivity contribution in [2.24, 2.45) is 0 Å². The Morgan fingerprint density at radius 2 is 1.24 bits per heavy atom. The Bertz CT molecular complexity index is 270. The van der Waals surface area contributed by atoms with E-state index in [1.54, 1.807) is 0 Å². The van der Waals surface area contributed by atoms with Crippen molar-refractivity contribution in [1.82, 2.24) is 4.90 Å². The molecule has 0 rings (SSSR count). The van der Waals surface area contributed by atoms with E-state index in [1.165, 1.54) is 38.0 Å². The third-order valence-electron chi connectivity index (χ3n) is 3.45. The predicted octanol–water partition coefficient (Wildman–Crippen LogP) is -6.07. The summed E-state index contributed by atoms with van der Waals surface area (Å²) in [6.45, 7) is 5.49. The molecule has 0 aromatic carbocycles. The third kappa shape index (κ3) is 12.0. The van der Waals surface area contributed by atoms with Crippen molar-refractivity contribution in [1.29, 1.82) is 0 Å². The molecular formula is C14H25NNa2O4. The predicted molar refractivity (Wildman–Crippen MR) is 69.0 cm³/mol. The van der Waals surface area contributed by atoms with E-state index in [9.17, 15) is 19.8 Å². The van der Waals surface area contributed by atoms with Crippen molar-refractivity contribution in [2.75, 3.05) is 6.54 Å². The molecule has 0 spiro atoms. The van der Waals surface area contributed by atoms with E-state index in [-0.39, 0.29) is 59.1 Å². The second kappa shape index (κ2) is 15.8. The number of carbonyl (C=O) groups excluding carboxylic acids is 2. The van der Waals surface area contributed by atoms with Crippen LogP contribution in [0.4, 0.5) is 0 Å². The molecule has 7 heteroatoms. The SMILES string of the molecule is CCCCCCCCN(C(C)C(=O)[O-])C(C)C(=O)[O-].[Na+].[Na+]. The Kier molecular flexibility index (Phi) is 20.1. The van der Waals surface area contributed by atoms with Crippen molar-refractivity contribution in [3.8, 4) is 0 Å². The average Bonchev–Trinajstić information content (AvgIpc) is 2.36. The summed E-state index contributed by atoms with van der Waals surface area (Å²) in [4.78, 5) is 23.2. The molecule has 0 saturated heterocycles.